The third-order valence-corrected chi connectivity index (χ3v) is 4.67. The Morgan fingerprint density at radius 2 is 1.83 bits per heavy atom. The van der Waals surface area contributed by atoms with E-state index >= 15 is 0 Å². The van der Waals surface area contributed by atoms with Crippen LogP contribution in [0.15, 0.2) is 6.07 Å². The van der Waals surface area contributed by atoms with Crippen molar-refractivity contribution < 1.29 is 37.0 Å². The van der Waals surface area contributed by atoms with E-state index in [-0.39, 0.29) is 0 Å². The minimum Gasteiger partial charge on any atom is -0.444 e. The molecule has 2 heterocycles. The average Bonchev–Trinajstić information content (AvgIpc) is 3.10. The predicted octanol–water partition coefficient (Wildman–Crippen LogP) is 3.45. The second kappa shape index (κ2) is 9.19. The maximum Gasteiger partial charge on any atom is 0.435 e. The molecule has 1 aromatic heterocycles. The number of hydrogen-bond donors (Lipinski definition) is 0. The molecule has 0 aliphatic carbocycles. The van der Waals surface area contributed by atoms with Crippen LogP contribution in [0.1, 0.15) is 55.8 Å². The molecule has 1 saturated heterocycles. The highest BCUT2D eigenvalue weighted by molar-refractivity contribution is 5.87. The summed E-state index contributed by atoms with van der Waals surface area (Å²) in [5, 5.41) is 3.47. The van der Waals surface area contributed by atoms with Crippen LogP contribution in [0.3, 0.4) is 0 Å². The molecule has 30 heavy (non-hydrogen) atoms. The van der Waals surface area contributed by atoms with Crippen molar-refractivity contribution in [2.45, 2.75) is 51.4 Å². The van der Waals surface area contributed by atoms with Gasteiger partial charge in [-0.25, -0.2) is 14.5 Å². The lowest BCUT2D eigenvalue weighted by atomic mass is 10.0. The predicted molar refractivity (Wildman–Crippen MR) is 97.3 cm³/mol. The van der Waals surface area contributed by atoms with Crippen LogP contribution < -0.4 is 0 Å². The summed E-state index contributed by atoms with van der Waals surface area (Å²) in [5.41, 5.74) is -2.45. The summed E-state index contributed by atoms with van der Waals surface area (Å²) in [6.45, 7) is 7.31. The minimum absolute atomic E-state index is 0.404. The fourth-order valence-electron chi connectivity index (χ4n) is 3.11. The first-order valence-electron chi connectivity index (χ1n) is 9.48. The van der Waals surface area contributed by atoms with E-state index in [0.717, 1.165) is 4.68 Å². The van der Waals surface area contributed by atoms with Gasteiger partial charge in [0.15, 0.2) is 11.4 Å². The number of carbonyl (C=O) groups is 2. The smallest absolute Gasteiger partial charge is 0.435 e. The Hall–Kier alpha value is -2.37. The molecule has 0 N–H and O–H groups in total. The van der Waals surface area contributed by atoms with Crippen molar-refractivity contribution in [2.24, 2.45) is 0 Å². The fourth-order valence-corrected chi connectivity index (χ4v) is 3.11. The molecule has 170 valence electrons. The topological polar surface area (TPSA) is 76.9 Å². The number of aromatic nitrogens is 2. The van der Waals surface area contributed by atoms with E-state index in [1.54, 1.807) is 27.8 Å². The van der Waals surface area contributed by atoms with Gasteiger partial charge in [-0.05, 0) is 33.6 Å². The molecule has 0 spiro atoms. The quantitative estimate of drug-likeness (QED) is 0.656. The van der Waals surface area contributed by atoms with Crippen molar-refractivity contribution >= 4 is 12.1 Å². The van der Waals surface area contributed by atoms with Gasteiger partial charge in [-0.2, -0.15) is 18.3 Å². The zero-order chi connectivity index (χ0) is 22.7. The molecule has 0 aromatic carbocycles. The van der Waals surface area contributed by atoms with Crippen molar-refractivity contribution in [3.05, 3.63) is 17.5 Å². The van der Waals surface area contributed by atoms with Crippen molar-refractivity contribution in [2.75, 3.05) is 33.2 Å². The lowest BCUT2D eigenvalue weighted by Crippen LogP contribution is -2.42. The summed E-state index contributed by atoms with van der Waals surface area (Å²) < 4.78 is 57.3. The first-order chi connectivity index (χ1) is 13.8. The minimum atomic E-state index is -4.76. The van der Waals surface area contributed by atoms with Gasteiger partial charge in [0.1, 0.15) is 5.60 Å². The molecule has 0 saturated carbocycles. The van der Waals surface area contributed by atoms with Crippen LogP contribution in [0.2, 0.25) is 0 Å². The Morgan fingerprint density at radius 3 is 2.33 bits per heavy atom. The van der Waals surface area contributed by atoms with E-state index in [1.807, 2.05) is 4.90 Å². The van der Waals surface area contributed by atoms with Crippen LogP contribution in [-0.4, -0.2) is 70.5 Å². The number of rotatable bonds is 5. The van der Waals surface area contributed by atoms with Gasteiger partial charge in [-0.3, -0.25) is 4.68 Å². The van der Waals surface area contributed by atoms with Gasteiger partial charge in [-0.15, -0.1) is 0 Å². The first kappa shape index (κ1) is 23.9. The highest BCUT2D eigenvalue weighted by Crippen LogP contribution is 2.32. The van der Waals surface area contributed by atoms with E-state index in [9.17, 15) is 27.3 Å². The maximum absolute atomic E-state index is 12.9. The van der Waals surface area contributed by atoms with Gasteiger partial charge in [0.2, 0.25) is 0 Å². The monoisotopic (exact) mass is 438 g/mol. The van der Waals surface area contributed by atoms with Crippen LogP contribution in [-0.2, 0) is 15.9 Å². The molecular weight excluding hydrogens is 412 g/mol. The van der Waals surface area contributed by atoms with E-state index in [1.165, 1.54) is 4.90 Å². The number of amides is 1. The Morgan fingerprint density at radius 1 is 1.23 bits per heavy atom. The summed E-state index contributed by atoms with van der Waals surface area (Å²) in [6, 6.07) is -0.0144. The highest BCUT2D eigenvalue weighted by atomic mass is 19.4. The van der Waals surface area contributed by atoms with Crippen LogP contribution in [0.25, 0.3) is 0 Å². The van der Waals surface area contributed by atoms with Gasteiger partial charge >= 0.3 is 18.2 Å². The van der Waals surface area contributed by atoms with E-state index in [4.69, 9.17) is 4.74 Å². The number of piperidine rings is 1. The van der Waals surface area contributed by atoms with Gasteiger partial charge in [0.05, 0.1) is 6.04 Å². The molecule has 12 heteroatoms. The normalized spacial score (nSPS) is 16.4. The molecule has 0 bridgehead atoms. The number of hydrogen-bond acceptors (Lipinski definition) is 6. The highest BCUT2D eigenvalue weighted by Gasteiger charge is 2.38. The zero-order valence-corrected chi connectivity index (χ0v) is 17.3. The average molecular weight is 438 g/mol. The molecule has 2 rings (SSSR count). The van der Waals surface area contributed by atoms with Crippen LogP contribution in [0, 0.1) is 0 Å². The van der Waals surface area contributed by atoms with Crippen LogP contribution >= 0.6 is 0 Å². The lowest BCUT2D eigenvalue weighted by Gasteiger charge is -2.33. The summed E-state index contributed by atoms with van der Waals surface area (Å²) in [5.74, 6) is -1.51. The maximum atomic E-state index is 12.9. The molecule has 0 radical (unpaired) electrons. The molecule has 0 atom stereocenters. The lowest BCUT2D eigenvalue weighted by molar-refractivity contribution is -0.141. The molecule has 1 amide bonds. The number of alkyl halides is 3. The van der Waals surface area contributed by atoms with E-state index in [0.29, 0.717) is 45.1 Å². The number of carbonyl (C=O) groups excluding carboxylic acids is 2. The third kappa shape index (κ3) is 6.31. The van der Waals surface area contributed by atoms with Crippen molar-refractivity contribution in [3.8, 4) is 0 Å². The Bertz CT molecular complexity index is 752. The molecule has 1 aliphatic heterocycles. The molecule has 8 nitrogen and oxygen atoms in total. The van der Waals surface area contributed by atoms with Gasteiger partial charge in [-0.1, -0.05) is 0 Å². The molecule has 0 unspecified atom stereocenters. The fraction of sp³-hybridized carbons (Fsp3) is 0.722. The largest absolute Gasteiger partial charge is 0.444 e. The molecule has 1 aromatic rings. The number of likely N-dealkylation sites (tertiary alicyclic amines) is 1. The van der Waals surface area contributed by atoms with Gasteiger partial charge in [0.25, 0.3) is 0 Å². The molecular formula is C18H26F4N4O4. The Labute approximate surface area is 171 Å². The van der Waals surface area contributed by atoms with Crippen molar-refractivity contribution in [3.63, 3.8) is 0 Å². The van der Waals surface area contributed by atoms with E-state index in [2.05, 4.69) is 10.0 Å². The SMILES string of the molecule is CN(CCN1CCC(n2nc(C(F)(F)F)cc2C(=O)OF)CC1)C(=O)OC(C)(C)C. The van der Waals surface area contributed by atoms with Crippen LogP contribution in [0.4, 0.5) is 22.5 Å². The standard InChI is InChI=1S/C18H26F4N4O4/c1-17(2,3)29-16(28)24(4)9-10-25-7-5-12(6-8-25)26-13(15(27)30-22)11-14(23-26)18(19,20)21/h11-12H,5-10H2,1-4H3. The summed E-state index contributed by atoms with van der Waals surface area (Å²) in [6.07, 6.45) is -4.39. The number of nitrogens with zero attached hydrogens (tertiary/aromatic N) is 4. The zero-order valence-electron chi connectivity index (χ0n) is 17.3. The number of halogens is 4. The molecule has 1 fully saturated rings. The number of ether oxygens (including phenoxy) is 1. The second-order valence-corrected chi connectivity index (χ2v) is 8.20. The summed E-state index contributed by atoms with van der Waals surface area (Å²) in [4.78, 5) is 30.1. The number of likely N-dealkylation sites (N-methyl/N-ethyl adjacent to an activating group) is 1. The second-order valence-electron chi connectivity index (χ2n) is 8.20. The van der Waals surface area contributed by atoms with Crippen LogP contribution in [0.5, 0.6) is 0 Å². The van der Waals surface area contributed by atoms with Gasteiger partial charge < -0.3 is 14.5 Å². The first-order valence-corrected chi connectivity index (χ1v) is 9.48. The molecule has 1 aliphatic rings. The van der Waals surface area contributed by atoms with Crippen molar-refractivity contribution in [1.82, 2.24) is 19.6 Å². The summed E-state index contributed by atoms with van der Waals surface area (Å²) in [7, 11) is 1.62. The Balaban J connectivity index is 1.95. The van der Waals surface area contributed by atoms with Gasteiger partial charge in [0, 0.05) is 43.8 Å². The van der Waals surface area contributed by atoms with Crippen molar-refractivity contribution in [1.29, 1.82) is 0 Å². The third-order valence-electron chi connectivity index (χ3n) is 4.67. The Kier molecular flexibility index (Phi) is 7.32. The van der Waals surface area contributed by atoms with E-state index < -0.39 is 41.3 Å². The summed E-state index contributed by atoms with van der Waals surface area (Å²) >= 11 is 0.